The summed E-state index contributed by atoms with van der Waals surface area (Å²) in [4.78, 5) is 0. The lowest BCUT2D eigenvalue weighted by Gasteiger charge is -2.41. The quantitative estimate of drug-likeness (QED) is 0.646. The highest BCUT2D eigenvalue weighted by atomic mass is 15.0. The molecule has 1 saturated heterocycles. The van der Waals surface area contributed by atoms with Gasteiger partial charge in [-0.15, -0.1) is 0 Å². The van der Waals surface area contributed by atoms with E-state index < -0.39 is 0 Å². The van der Waals surface area contributed by atoms with E-state index in [4.69, 9.17) is 0 Å². The van der Waals surface area contributed by atoms with Crippen molar-refractivity contribution in [1.82, 2.24) is 5.32 Å². The van der Waals surface area contributed by atoms with Gasteiger partial charge in [0.15, 0.2) is 0 Å². The molecule has 0 bridgehead atoms. The summed E-state index contributed by atoms with van der Waals surface area (Å²) in [5.41, 5.74) is 1.79. The molecule has 4 atom stereocenters. The zero-order valence-corrected chi connectivity index (χ0v) is 9.14. The molecule has 4 unspecified atom stereocenters. The normalized spacial score (nSPS) is 46.5. The van der Waals surface area contributed by atoms with Crippen LogP contribution in [0.25, 0.3) is 0 Å². The molecule has 16 heavy (non-hydrogen) atoms. The molecule has 0 amide bonds. The SMILES string of the molecule is C1=CC2NC3C=CC=CC34CC=CC(=C1)C24. The molecule has 1 aliphatic heterocycles. The summed E-state index contributed by atoms with van der Waals surface area (Å²) in [5.74, 6) is 0.633. The van der Waals surface area contributed by atoms with Crippen molar-refractivity contribution in [1.29, 1.82) is 0 Å². The number of rotatable bonds is 0. The van der Waals surface area contributed by atoms with Crippen molar-refractivity contribution < 1.29 is 0 Å². The highest BCUT2D eigenvalue weighted by Crippen LogP contribution is 2.53. The summed E-state index contributed by atoms with van der Waals surface area (Å²) >= 11 is 0. The van der Waals surface area contributed by atoms with E-state index >= 15 is 0 Å². The number of hydrogen-bond donors (Lipinski definition) is 1. The van der Waals surface area contributed by atoms with Crippen molar-refractivity contribution in [2.24, 2.45) is 11.3 Å². The van der Waals surface area contributed by atoms with E-state index in [1.165, 1.54) is 5.57 Å². The molecule has 0 aromatic rings. The largest absolute Gasteiger partial charge is 0.303 e. The fraction of sp³-hybridized carbons (Fsp3) is 0.333. The van der Waals surface area contributed by atoms with E-state index in [1.807, 2.05) is 0 Å². The first-order chi connectivity index (χ1) is 7.90. The van der Waals surface area contributed by atoms with Gasteiger partial charge in [0.1, 0.15) is 0 Å². The molecule has 1 fully saturated rings. The van der Waals surface area contributed by atoms with Crippen molar-refractivity contribution in [3.63, 3.8) is 0 Å². The van der Waals surface area contributed by atoms with Gasteiger partial charge in [0.2, 0.25) is 0 Å². The maximum absolute atomic E-state index is 3.75. The third-order valence-corrected chi connectivity index (χ3v) is 4.46. The average Bonchev–Trinajstić information content (AvgIpc) is 2.66. The number of nitrogens with one attached hydrogen (secondary N) is 1. The molecule has 4 rings (SSSR count). The average molecular weight is 209 g/mol. The first-order valence-electron chi connectivity index (χ1n) is 6.07. The summed E-state index contributed by atoms with van der Waals surface area (Å²) in [6.07, 6.45) is 21.7. The summed E-state index contributed by atoms with van der Waals surface area (Å²) in [6.45, 7) is 0. The van der Waals surface area contributed by atoms with Gasteiger partial charge in [0.05, 0.1) is 0 Å². The summed E-state index contributed by atoms with van der Waals surface area (Å²) < 4.78 is 0. The Kier molecular flexibility index (Phi) is 1.57. The second-order valence-corrected chi connectivity index (χ2v) is 5.16. The molecule has 1 heterocycles. The van der Waals surface area contributed by atoms with Crippen LogP contribution >= 0.6 is 0 Å². The van der Waals surface area contributed by atoms with E-state index in [0.717, 1.165) is 6.42 Å². The molecule has 4 aliphatic rings. The van der Waals surface area contributed by atoms with Crippen molar-refractivity contribution in [2.45, 2.75) is 18.5 Å². The zero-order chi connectivity index (χ0) is 10.6. The molecule has 1 heteroatoms. The van der Waals surface area contributed by atoms with Crippen LogP contribution in [0.5, 0.6) is 0 Å². The van der Waals surface area contributed by atoms with Crippen LogP contribution in [0.3, 0.4) is 0 Å². The Labute approximate surface area is 95.9 Å². The van der Waals surface area contributed by atoms with Crippen LogP contribution < -0.4 is 5.32 Å². The van der Waals surface area contributed by atoms with E-state index in [1.54, 1.807) is 0 Å². The first kappa shape index (κ1) is 8.77. The second kappa shape index (κ2) is 2.86. The van der Waals surface area contributed by atoms with Gasteiger partial charge in [-0.1, -0.05) is 54.7 Å². The Bertz CT molecular complexity index is 478. The third kappa shape index (κ3) is 0.903. The maximum atomic E-state index is 3.75. The Morgan fingerprint density at radius 3 is 3.19 bits per heavy atom. The van der Waals surface area contributed by atoms with Crippen LogP contribution in [0, 0.1) is 11.3 Å². The van der Waals surface area contributed by atoms with Gasteiger partial charge in [-0.3, -0.25) is 0 Å². The molecule has 3 aliphatic carbocycles. The smallest absolute Gasteiger partial charge is 0.0359 e. The standard InChI is InChI=1S/C15H15N/c1-2-9-15-10-4-6-11-5-3-7-12(14(11)15)16-13(15)8-1/h1-9,12-14,16H,10H2. The summed E-state index contributed by atoms with van der Waals surface area (Å²) in [5, 5.41) is 3.75. The highest BCUT2D eigenvalue weighted by Gasteiger charge is 2.54. The Morgan fingerprint density at radius 2 is 2.19 bits per heavy atom. The summed E-state index contributed by atoms with van der Waals surface area (Å²) in [6, 6.07) is 1.02. The number of allylic oxidation sites excluding steroid dienone is 6. The fourth-order valence-corrected chi connectivity index (χ4v) is 3.79. The monoisotopic (exact) mass is 209 g/mol. The first-order valence-corrected chi connectivity index (χ1v) is 6.07. The van der Waals surface area contributed by atoms with Crippen molar-refractivity contribution in [3.05, 3.63) is 60.3 Å². The molecule has 1 nitrogen and oxygen atoms in total. The van der Waals surface area contributed by atoms with Crippen LogP contribution in [-0.2, 0) is 0 Å². The molecule has 1 N–H and O–H groups in total. The van der Waals surface area contributed by atoms with Gasteiger partial charge >= 0.3 is 0 Å². The van der Waals surface area contributed by atoms with E-state index in [0.29, 0.717) is 23.4 Å². The lowest BCUT2D eigenvalue weighted by molar-refractivity contribution is 0.291. The lowest BCUT2D eigenvalue weighted by Crippen LogP contribution is -2.39. The minimum Gasteiger partial charge on any atom is -0.303 e. The predicted molar refractivity (Wildman–Crippen MR) is 65.9 cm³/mol. The zero-order valence-electron chi connectivity index (χ0n) is 9.14. The minimum atomic E-state index is 0.296. The van der Waals surface area contributed by atoms with Crippen molar-refractivity contribution in [3.8, 4) is 0 Å². The molecule has 0 radical (unpaired) electrons. The van der Waals surface area contributed by atoms with Crippen molar-refractivity contribution in [2.75, 3.05) is 0 Å². The van der Waals surface area contributed by atoms with Gasteiger partial charge in [-0.25, -0.2) is 0 Å². The van der Waals surface area contributed by atoms with Crippen LogP contribution in [0.4, 0.5) is 0 Å². The van der Waals surface area contributed by atoms with Crippen LogP contribution in [0.1, 0.15) is 6.42 Å². The van der Waals surface area contributed by atoms with E-state index in [-0.39, 0.29) is 0 Å². The Balaban J connectivity index is 1.93. The van der Waals surface area contributed by atoms with Crippen LogP contribution in [0.2, 0.25) is 0 Å². The molecular weight excluding hydrogens is 194 g/mol. The van der Waals surface area contributed by atoms with Crippen molar-refractivity contribution >= 4 is 0 Å². The topological polar surface area (TPSA) is 12.0 Å². The van der Waals surface area contributed by atoms with Gasteiger partial charge in [-0.05, 0) is 12.0 Å². The number of hydrogen-bond acceptors (Lipinski definition) is 1. The highest BCUT2D eigenvalue weighted by molar-refractivity contribution is 5.46. The Morgan fingerprint density at radius 1 is 1.19 bits per heavy atom. The van der Waals surface area contributed by atoms with Gasteiger partial charge in [-0.2, -0.15) is 0 Å². The third-order valence-electron chi connectivity index (χ3n) is 4.46. The molecule has 1 spiro atoms. The summed E-state index contributed by atoms with van der Waals surface area (Å²) in [7, 11) is 0. The Hall–Kier alpha value is -1.34. The molecule has 0 saturated carbocycles. The predicted octanol–water partition coefficient (Wildman–Crippen LogP) is 2.51. The molecule has 80 valence electrons. The molecule has 0 aromatic carbocycles. The van der Waals surface area contributed by atoms with Crippen LogP contribution in [0.15, 0.2) is 60.3 Å². The van der Waals surface area contributed by atoms with E-state index in [2.05, 4.69) is 60.0 Å². The fourth-order valence-electron chi connectivity index (χ4n) is 3.79. The van der Waals surface area contributed by atoms with E-state index in [9.17, 15) is 0 Å². The second-order valence-electron chi connectivity index (χ2n) is 5.16. The molecular formula is C15H15N. The van der Waals surface area contributed by atoms with Crippen LogP contribution in [-0.4, -0.2) is 12.1 Å². The minimum absolute atomic E-state index is 0.296. The van der Waals surface area contributed by atoms with Gasteiger partial charge in [0, 0.05) is 23.4 Å². The van der Waals surface area contributed by atoms with Gasteiger partial charge in [0.25, 0.3) is 0 Å². The van der Waals surface area contributed by atoms with Gasteiger partial charge < -0.3 is 5.32 Å². The molecule has 0 aromatic heterocycles. The maximum Gasteiger partial charge on any atom is 0.0359 e. The lowest BCUT2D eigenvalue weighted by atomic mass is 9.61.